The first kappa shape index (κ1) is 16.1. The van der Waals surface area contributed by atoms with E-state index >= 15 is 0 Å². The van der Waals surface area contributed by atoms with Gasteiger partial charge in [0.15, 0.2) is 11.5 Å². The minimum Gasteiger partial charge on any atom is -0.490 e. The number of benzene rings is 1. The second kappa shape index (κ2) is 7.66. The highest BCUT2D eigenvalue weighted by molar-refractivity contribution is 14.1. The normalized spacial score (nSPS) is 12.2. The van der Waals surface area contributed by atoms with Gasteiger partial charge in [-0.2, -0.15) is 0 Å². The number of rotatable bonds is 6. The molecule has 0 saturated carbocycles. The highest BCUT2D eigenvalue weighted by Crippen LogP contribution is 2.38. The fraction of sp³-hybridized carbons (Fsp3) is 0.333. The van der Waals surface area contributed by atoms with Crippen molar-refractivity contribution in [2.24, 2.45) is 0 Å². The summed E-state index contributed by atoms with van der Waals surface area (Å²) in [5.41, 5.74) is 2.44. The summed E-state index contributed by atoms with van der Waals surface area (Å²) in [5, 5.41) is 2.18. The minimum atomic E-state index is 0.178. The summed E-state index contributed by atoms with van der Waals surface area (Å²) in [6.45, 7) is 5.23. The fourth-order valence-corrected chi connectivity index (χ4v) is 4.00. The molecule has 0 fully saturated rings. The Hall–Kier alpha value is -0.270. The second-order valence-corrected chi connectivity index (χ2v) is 7.84. The molecule has 2 nitrogen and oxygen atoms in total. The Bertz CT molecular complexity index is 571. The summed E-state index contributed by atoms with van der Waals surface area (Å²) in [6, 6.07) is 8.31. The molecule has 2 aromatic rings. The van der Waals surface area contributed by atoms with E-state index in [2.05, 4.69) is 62.1 Å². The van der Waals surface area contributed by atoms with Gasteiger partial charge in [0.25, 0.3) is 0 Å². The van der Waals surface area contributed by atoms with Crippen molar-refractivity contribution in [3.8, 4) is 11.5 Å². The molecule has 0 aliphatic heterocycles. The molecule has 1 aromatic heterocycles. The quantitative estimate of drug-likeness (QED) is 0.405. The highest BCUT2D eigenvalue weighted by atomic mass is 127. The van der Waals surface area contributed by atoms with Gasteiger partial charge in [-0.05, 0) is 71.1 Å². The topological polar surface area (TPSA) is 18.5 Å². The Morgan fingerprint density at radius 2 is 1.80 bits per heavy atom. The largest absolute Gasteiger partial charge is 0.490 e. The van der Waals surface area contributed by atoms with E-state index in [1.807, 2.05) is 19.9 Å². The smallest absolute Gasteiger partial charge is 0.161 e. The number of ether oxygens (including phenoxy) is 2. The van der Waals surface area contributed by atoms with Gasteiger partial charge in [0, 0.05) is 0 Å². The third-order valence-corrected chi connectivity index (χ3v) is 5.61. The maximum atomic E-state index is 5.68. The average Bonchev–Trinajstić information content (AvgIpc) is 2.87. The molecular weight excluding hydrogens is 451 g/mol. The van der Waals surface area contributed by atoms with E-state index < -0.39 is 0 Å². The predicted molar refractivity (Wildman–Crippen MR) is 96.6 cm³/mol. The van der Waals surface area contributed by atoms with E-state index in [0.717, 1.165) is 11.5 Å². The number of thiophene rings is 1. The first-order valence-corrected chi connectivity index (χ1v) is 9.30. The molecule has 1 aromatic carbocycles. The maximum Gasteiger partial charge on any atom is 0.161 e. The van der Waals surface area contributed by atoms with Gasteiger partial charge >= 0.3 is 0 Å². The summed E-state index contributed by atoms with van der Waals surface area (Å²) in [6.07, 6.45) is 0. The molecule has 0 aliphatic carbocycles. The van der Waals surface area contributed by atoms with Crippen LogP contribution in [0.15, 0.2) is 29.6 Å². The number of alkyl halides is 1. The molecule has 0 N–H and O–H groups in total. The van der Waals surface area contributed by atoms with Crippen molar-refractivity contribution >= 4 is 49.9 Å². The van der Waals surface area contributed by atoms with Crippen LogP contribution in [0.3, 0.4) is 0 Å². The predicted octanol–water partition coefficient (Wildman–Crippen LogP) is 5.63. The van der Waals surface area contributed by atoms with E-state index in [0.29, 0.717) is 13.2 Å². The molecule has 108 valence electrons. The van der Waals surface area contributed by atoms with Crippen LogP contribution in [-0.4, -0.2) is 13.2 Å². The molecule has 20 heavy (non-hydrogen) atoms. The molecule has 2 rings (SSSR count). The lowest BCUT2D eigenvalue weighted by Gasteiger charge is -2.14. The zero-order valence-corrected chi connectivity index (χ0v) is 15.9. The van der Waals surface area contributed by atoms with Crippen LogP contribution >= 0.6 is 49.9 Å². The summed E-state index contributed by atoms with van der Waals surface area (Å²) in [4.78, 5) is 0.178. The van der Waals surface area contributed by atoms with Gasteiger partial charge in [0.1, 0.15) is 0 Å². The number of halogens is 2. The zero-order valence-electron chi connectivity index (χ0n) is 11.4. The van der Waals surface area contributed by atoms with Crippen LogP contribution in [0.25, 0.3) is 0 Å². The number of hydrogen-bond donors (Lipinski definition) is 0. The van der Waals surface area contributed by atoms with Gasteiger partial charge in [0.05, 0.1) is 20.9 Å². The monoisotopic (exact) mass is 466 g/mol. The Balaban J connectivity index is 2.29. The summed E-state index contributed by atoms with van der Waals surface area (Å²) >= 11 is 7.86. The maximum absolute atomic E-state index is 5.68. The fourth-order valence-electron chi connectivity index (χ4n) is 1.87. The summed E-state index contributed by atoms with van der Waals surface area (Å²) in [5.74, 6) is 1.61. The van der Waals surface area contributed by atoms with Crippen LogP contribution in [0.2, 0.25) is 0 Å². The standard InChI is InChI=1S/C15H16BrIO2S/c1-3-18-12-6-5-10(7-13(12)19-4-2)15(16)11-8-14(17)20-9-11/h5-9,15H,3-4H2,1-2H3. The molecular formula is C15H16BrIO2S. The van der Waals surface area contributed by atoms with E-state index in [4.69, 9.17) is 9.47 Å². The van der Waals surface area contributed by atoms with Gasteiger partial charge in [-0.3, -0.25) is 0 Å². The lowest BCUT2D eigenvalue weighted by atomic mass is 10.1. The van der Waals surface area contributed by atoms with Crippen molar-refractivity contribution in [3.05, 3.63) is 43.7 Å². The Kier molecular flexibility index (Phi) is 6.17. The van der Waals surface area contributed by atoms with Crippen molar-refractivity contribution in [1.29, 1.82) is 0 Å². The lowest BCUT2D eigenvalue weighted by Crippen LogP contribution is -2.00. The summed E-state index contributed by atoms with van der Waals surface area (Å²) in [7, 11) is 0. The molecule has 0 saturated heterocycles. The Morgan fingerprint density at radius 1 is 1.10 bits per heavy atom. The molecule has 1 heterocycles. The van der Waals surface area contributed by atoms with E-state index in [1.165, 1.54) is 14.0 Å². The lowest BCUT2D eigenvalue weighted by molar-refractivity contribution is 0.287. The van der Waals surface area contributed by atoms with E-state index in [-0.39, 0.29) is 4.83 Å². The Morgan fingerprint density at radius 3 is 2.40 bits per heavy atom. The van der Waals surface area contributed by atoms with E-state index in [1.54, 1.807) is 11.3 Å². The van der Waals surface area contributed by atoms with Gasteiger partial charge < -0.3 is 9.47 Å². The highest BCUT2D eigenvalue weighted by Gasteiger charge is 2.15. The Labute approximate surface area is 145 Å². The van der Waals surface area contributed by atoms with Crippen molar-refractivity contribution in [3.63, 3.8) is 0 Å². The molecule has 0 aliphatic rings. The number of hydrogen-bond acceptors (Lipinski definition) is 3. The zero-order chi connectivity index (χ0) is 14.5. The molecule has 0 radical (unpaired) electrons. The molecule has 0 bridgehead atoms. The minimum absolute atomic E-state index is 0.178. The average molecular weight is 467 g/mol. The van der Waals surface area contributed by atoms with Gasteiger partial charge in [-0.1, -0.05) is 22.0 Å². The SMILES string of the molecule is CCOc1ccc(C(Br)c2csc(I)c2)cc1OCC. The molecule has 1 unspecified atom stereocenters. The summed E-state index contributed by atoms with van der Waals surface area (Å²) < 4.78 is 12.6. The van der Waals surface area contributed by atoms with Crippen molar-refractivity contribution in [2.45, 2.75) is 18.7 Å². The van der Waals surface area contributed by atoms with Gasteiger partial charge in [0.2, 0.25) is 0 Å². The van der Waals surface area contributed by atoms with Crippen molar-refractivity contribution in [2.75, 3.05) is 13.2 Å². The first-order valence-electron chi connectivity index (χ1n) is 6.43. The third kappa shape index (κ3) is 3.89. The van der Waals surface area contributed by atoms with Crippen LogP contribution in [0.1, 0.15) is 29.8 Å². The molecule has 0 amide bonds. The van der Waals surface area contributed by atoms with Crippen molar-refractivity contribution < 1.29 is 9.47 Å². The van der Waals surface area contributed by atoms with Crippen LogP contribution in [0.4, 0.5) is 0 Å². The molecule has 0 spiro atoms. The van der Waals surface area contributed by atoms with Crippen LogP contribution in [-0.2, 0) is 0 Å². The first-order chi connectivity index (χ1) is 9.65. The molecule has 5 heteroatoms. The second-order valence-electron chi connectivity index (χ2n) is 4.12. The van der Waals surface area contributed by atoms with E-state index in [9.17, 15) is 0 Å². The van der Waals surface area contributed by atoms with Crippen molar-refractivity contribution in [1.82, 2.24) is 0 Å². The van der Waals surface area contributed by atoms with Crippen LogP contribution in [0.5, 0.6) is 11.5 Å². The molecule has 1 atom stereocenters. The van der Waals surface area contributed by atoms with Crippen LogP contribution < -0.4 is 9.47 Å². The van der Waals surface area contributed by atoms with Gasteiger partial charge in [-0.25, -0.2) is 0 Å². The van der Waals surface area contributed by atoms with Crippen LogP contribution in [0, 0.1) is 2.88 Å². The third-order valence-electron chi connectivity index (χ3n) is 2.74. The van der Waals surface area contributed by atoms with Gasteiger partial charge in [-0.15, -0.1) is 11.3 Å².